The van der Waals surface area contributed by atoms with Crippen molar-refractivity contribution < 1.29 is 9.59 Å². The fourth-order valence-corrected chi connectivity index (χ4v) is 4.30. The Bertz CT molecular complexity index is 656. The van der Waals surface area contributed by atoms with E-state index in [0.29, 0.717) is 19.0 Å². The van der Waals surface area contributed by atoms with Gasteiger partial charge < -0.3 is 15.1 Å². The molecular formula is C22H34N4O2. The second-order valence-corrected chi connectivity index (χ2v) is 8.51. The Hall–Kier alpha value is -2.08. The minimum Gasteiger partial charge on any atom is -0.340 e. The molecule has 2 fully saturated rings. The Morgan fingerprint density at radius 2 is 1.89 bits per heavy atom. The van der Waals surface area contributed by atoms with Crippen LogP contribution in [0.1, 0.15) is 38.7 Å². The van der Waals surface area contributed by atoms with Gasteiger partial charge in [-0.05, 0) is 39.3 Å². The van der Waals surface area contributed by atoms with E-state index in [0.717, 1.165) is 39.0 Å². The Morgan fingerprint density at radius 3 is 2.50 bits per heavy atom. The first-order chi connectivity index (χ1) is 13.4. The molecule has 1 atom stereocenters. The van der Waals surface area contributed by atoms with Crippen molar-refractivity contribution in [2.24, 2.45) is 5.92 Å². The second-order valence-electron chi connectivity index (χ2n) is 8.51. The molecule has 0 radical (unpaired) electrons. The number of amides is 3. The molecule has 2 heterocycles. The van der Waals surface area contributed by atoms with E-state index in [1.54, 1.807) is 0 Å². The lowest BCUT2D eigenvalue weighted by molar-refractivity contribution is -0.129. The number of nitrogens with one attached hydrogen (secondary N) is 1. The number of hydrogen-bond acceptors (Lipinski definition) is 3. The third-order valence-corrected chi connectivity index (χ3v) is 6.05. The largest absolute Gasteiger partial charge is 0.340 e. The molecule has 3 rings (SSSR count). The summed E-state index contributed by atoms with van der Waals surface area (Å²) in [5, 5.41) is 3.05. The summed E-state index contributed by atoms with van der Waals surface area (Å²) in [7, 11) is 2.17. The maximum atomic E-state index is 12.5. The van der Waals surface area contributed by atoms with Crippen LogP contribution in [-0.4, -0.2) is 71.9 Å². The topological polar surface area (TPSA) is 55.9 Å². The van der Waals surface area contributed by atoms with Crippen molar-refractivity contribution in [1.29, 1.82) is 0 Å². The van der Waals surface area contributed by atoms with Crippen LogP contribution in [0.2, 0.25) is 0 Å². The fourth-order valence-electron chi connectivity index (χ4n) is 4.30. The molecule has 6 nitrogen and oxygen atoms in total. The van der Waals surface area contributed by atoms with Crippen molar-refractivity contribution in [1.82, 2.24) is 20.0 Å². The zero-order valence-electron chi connectivity index (χ0n) is 17.4. The van der Waals surface area contributed by atoms with Crippen LogP contribution in [-0.2, 0) is 11.3 Å². The van der Waals surface area contributed by atoms with E-state index in [2.05, 4.69) is 41.5 Å². The van der Waals surface area contributed by atoms with Crippen molar-refractivity contribution in [3.8, 4) is 0 Å². The van der Waals surface area contributed by atoms with Crippen molar-refractivity contribution in [2.75, 3.05) is 33.2 Å². The molecule has 0 bridgehead atoms. The van der Waals surface area contributed by atoms with Gasteiger partial charge in [0.05, 0.1) is 0 Å². The lowest BCUT2D eigenvalue weighted by Crippen LogP contribution is -2.49. The van der Waals surface area contributed by atoms with Crippen LogP contribution in [0.15, 0.2) is 30.3 Å². The Kier molecular flexibility index (Phi) is 6.94. The minimum atomic E-state index is 0.0135. The van der Waals surface area contributed by atoms with E-state index in [1.165, 1.54) is 5.56 Å². The van der Waals surface area contributed by atoms with Gasteiger partial charge in [-0.25, -0.2) is 4.79 Å². The molecule has 0 unspecified atom stereocenters. The molecule has 154 valence electrons. The van der Waals surface area contributed by atoms with Gasteiger partial charge in [-0.15, -0.1) is 0 Å². The summed E-state index contributed by atoms with van der Waals surface area (Å²) in [5.41, 5.74) is 1.33. The zero-order valence-corrected chi connectivity index (χ0v) is 17.4. The second kappa shape index (κ2) is 9.41. The first kappa shape index (κ1) is 20.6. The normalized spacial score (nSPS) is 21.0. The number of nitrogens with zero attached hydrogens (tertiary/aromatic N) is 3. The molecule has 0 aromatic heterocycles. The monoisotopic (exact) mass is 386 g/mol. The molecule has 2 saturated heterocycles. The molecule has 2 aliphatic rings. The Balaban J connectivity index is 1.38. The number of rotatable bonds is 6. The van der Waals surface area contributed by atoms with E-state index in [1.807, 2.05) is 29.7 Å². The first-order valence-electron chi connectivity index (χ1n) is 10.5. The summed E-state index contributed by atoms with van der Waals surface area (Å²) in [6, 6.07) is 11.3. The number of piperidine rings is 1. The highest BCUT2D eigenvalue weighted by Gasteiger charge is 2.32. The Labute approximate surface area is 168 Å². The van der Waals surface area contributed by atoms with Gasteiger partial charge >= 0.3 is 6.03 Å². The van der Waals surface area contributed by atoms with Crippen molar-refractivity contribution in [2.45, 2.75) is 51.7 Å². The molecule has 0 aliphatic carbocycles. The highest BCUT2D eigenvalue weighted by molar-refractivity contribution is 5.79. The molecule has 0 spiro atoms. The molecule has 6 heteroatoms. The van der Waals surface area contributed by atoms with Gasteiger partial charge in [0, 0.05) is 57.1 Å². The van der Waals surface area contributed by atoms with E-state index in [-0.39, 0.29) is 23.9 Å². The van der Waals surface area contributed by atoms with Gasteiger partial charge in [-0.2, -0.15) is 0 Å². The number of urea groups is 1. The Morgan fingerprint density at radius 1 is 1.21 bits per heavy atom. The lowest BCUT2D eigenvalue weighted by Gasteiger charge is -2.37. The quantitative estimate of drug-likeness (QED) is 0.817. The lowest BCUT2D eigenvalue weighted by atomic mass is 10.0. The summed E-state index contributed by atoms with van der Waals surface area (Å²) in [4.78, 5) is 30.7. The molecule has 28 heavy (non-hydrogen) atoms. The van der Waals surface area contributed by atoms with Crippen molar-refractivity contribution in [3.05, 3.63) is 35.9 Å². The zero-order chi connectivity index (χ0) is 20.1. The highest BCUT2D eigenvalue weighted by Crippen LogP contribution is 2.20. The highest BCUT2D eigenvalue weighted by atomic mass is 16.2. The number of benzene rings is 1. The molecule has 1 aromatic carbocycles. The smallest absolute Gasteiger partial charge is 0.317 e. The summed E-state index contributed by atoms with van der Waals surface area (Å²) >= 11 is 0. The van der Waals surface area contributed by atoms with E-state index < -0.39 is 0 Å². The molecule has 1 N–H and O–H groups in total. The van der Waals surface area contributed by atoms with Gasteiger partial charge in [-0.3, -0.25) is 9.69 Å². The van der Waals surface area contributed by atoms with Crippen LogP contribution in [0.4, 0.5) is 4.79 Å². The molecule has 1 aromatic rings. The van der Waals surface area contributed by atoms with E-state index in [4.69, 9.17) is 0 Å². The van der Waals surface area contributed by atoms with Gasteiger partial charge in [0.1, 0.15) is 0 Å². The van der Waals surface area contributed by atoms with Crippen LogP contribution in [0.5, 0.6) is 0 Å². The predicted octanol–water partition coefficient (Wildman–Crippen LogP) is 2.55. The van der Waals surface area contributed by atoms with Crippen LogP contribution < -0.4 is 5.32 Å². The third-order valence-electron chi connectivity index (χ3n) is 6.05. The van der Waals surface area contributed by atoms with Crippen LogP contribution in [0, 0.1) is 5.92 Å². The maximum Gasteiger partial charge on any atom is 0.317 e. The number of hydrogen-bond donors (Lipinski definition) is 1. The molecule has 0 saturated carbocycles. The average molecular weight is 387 g/mol. The number of likely N-dealkylation sites (tertiary alicyclic amines) is 2. The maximum absolute atomic E-state index is 12.5. The summed E-state index contributed by atoms with van der Waals surface area (Å²) in [5.74, 6) is 0.435. The van der Waals surface area contributed by atoms with E-state index >= 15 is 0 Å². The first-order valence-corrected chi connectivity index (χ1v) is 10.5. The van der Waals surface area contributed by atoms with Gasteiger partial charge in [-0.1, -0.05) is 30.3 Å². The van der Waals surface area contributed by atoms with Crippen molar-refractivity contribution in [3.63, 3.8) is 0 Å². The van der Waals surface area contributed by atoms with Crippen molar-refractivity contribution >= 4 is 11.9 Å². The van der Waals surface area contributed by atoms with Gasteiger partial charge in [0.25, 0.3) is 0 Å². The summed E-state index contributed by atoms with van der Waals surface area (Å²) in [6.45, 7) is 7.94. The van der Waals surface area contributed by atoms with E-state index in [9.17, 15) is 9.59 Å². The number of carbonyl (C=O) groups is 2. The predicted molar refractivity (Wildman–Crippen MR) is 111 cm³/mol. The number of carbonyl (C=O) groups excluding carboxylic acids is 2. The minimum absolute atomic E-state index is 0.0135. The average Bonchev–Trinajstić information content (AvgIpc) is 3.08. The van der Waals surface area contributed by atoms with Gasteiger partial charge in [0.15, 0.2) is 0 Å². The molecule has 2 aliphatic heterocycles. The van der Waals surface area contributed by atoms with Crippen LogP contribution in [0.3, 0.4) is 0 Å². The standard InChI is InChI=1S/C22H34N4O2/c1-17(2)26-16-19(13-21(26)27)14-23-22(28)25-11-9-20(10-12-25)24(3)15-18-7-5-4-6-8-18/h4-8,17,19-20H,9-16H2,1-3H3,(H,23,28)/t19-/m0/s1. The third kappa shape index (κ3) is 5.25. The van der Waals surface area contributed by atoms with Gasteiger partial charge in [0.2, 0.25) is 5.91 Å². The fraction of sp³-hybridized carbons (Fsp3) is 0.636. The van der Waals surface area contributed by atoms with Crippen LogP contribution >= 0.6 is 0 Å². The summed E-state index contributed by atoms with van der Waals surface area (Å²) in [6.07, 6.45) is 2.55. The summed E-state index contributed by atoms with van der Waals surface area (Å²) < 4.78 is 0. The molecule has 3 amide bonds. The SMILES string of the molecule is CC(C)N1C[C@H](CNC(=O)N2CCC(N(C)Cc3ccccc3)CC2)CC1=O. The molecular weight excluding hydrogens is 352 g/mol. The van der Waals surface area contributed by atoms with Crippen LogP contribution in [0.25, 0.3) is 0 Å².